The Morgan fingerprint density at radius 2 is 2.00 bits per heavy atom. The third-order valence-corrected chi connectivity index (χ3v) is 6.39. The third kappa shape index (κ3) is 3.93. The van der Waals surface area contributed by atoms with E-state index in [0.29, 0.717) is 30.8 Å². The Bertz CT molecular complexity index is 718. The van der Waals surface area contributed by atoms with Crippen molar-refractivity contribution < 1.29 is 9.59 Å². The van der Waals surface area contributed by atoms with Crippen molar-refractivity contribution in [1.29, 1.82) is 0 Å². The van der Waals surface area contributed by atoms with E-state index in [4.69, 9.17) is 0 Å². The van der Waals surface area contributed by atoms with Gasteiger partial charge in [0.25, 0.3) is 0 Å². The van der Waals surface area contributed by atoms with E-state index in [1.54, 1.807) is 6.08 Å². The Labute approximate surface area is 161 Å². The van der Waals surface area contributed by atoms with Crippen molar-refractivity contribution in [3.05, 3.63) is 42.0 Å². The smallest absolute Gasteiger partial charge is 0.244 e. The van der Waals surface area contributed by atoms with Crippen LogP contribution in [0.15, 0.2) is 36.4 Å². The molecule has 5 nitrogen and oxygen atoms in total. The average Bonchev–Trinajstić information content (AvgIpc) is 2.67. The lowest BCUT2D eigenvalue weighted by atomic mass is 9.72. The quantitative estimate of drug-likeness (QED) is 0.830. The van der Waals surface area contributed by atoms with Gasteiger partial charge in [0.2, 0.25) is 11.8 Å². The van der Waals surface area contributed by atoms with E-state index in [-0.39, 0.29) is 17.9 Å². The van der Waals surface area contributed by atoms with E-state index >= 15 is 0 Å². The van der Waals surface area contributed by atoms with Gasteiger partial charge in [-0.1, -0.05) is 30.3 Å². The molecule has 1 aromatic carbocycles. The Hall–Kier alpha value is -2.14. The van der Waals surface area contributed by atoms with Gasteiger partial charge in [0, 0.05) is 38.2 Å². The number of piperidine rings is 3. The molecule has 3 fully saturated rings. The standard InChI is InChI=1S/C22H29N3O2/c1-24-14-17-12-18(15-24)20(25-19(17)8-5-9-22(25)27)13-23-21(26)11-10-16-6-3-2-4-7-16/h2-4,6-7,10-11,17-20H,5,8-9,12-15H2,1H3,(H,23,26)/t17-,18+,19+,20+/m1/s1. The molecule has 0 radical (unpaired) electrons. The van der Waals surface area contributed by atoms with Crippen LogP contribution in [0.5, 0.6) is 0 Å². The number of fused-ring (bicyclic) bond motifs is 4. The van der Waals surface area contributed by atoms with Crippen LogP contribution in [0.4, 0.5) is 0 Å². The molecule has 0 spiro atoms. The number of carbonyl (C=O) groups excluding carboxylic acids is 2. The van der Waals surface area contributed by atoms with Gasteiger partial charge in [-0.05, 0) is 49.8 Å². The van der Waals surface area contributed by atoms with E-state index in [0.717, 1.165) is 31.5 Å². The van der Waals surface area contributed by atoms with Gasteiger partial charge in [0.05, 0.1) is 6.04 Å². The number of likely N-dealkylation sites (tertiary alicyclic amines) is 1. The van der Waals surface area contributed by atoms with Gasteiger partial charge < -0.3 is 15.1 Å². The second-order valence-corrected chi connectivity index (χ2v) is 8.29. The molecule has 1 N–H and O–H groups in total. The number of carbonyl (C=O) groups is 2. The van der Waals surface area contributed by atoms with E-state index < -0.39 is 0 Å². The number of nitrogens with one attached hydrogen (secondary N) is 1. The first-order chi connectivity index (χ1) is 13.1. The van der Waals surface area contributed by atoms with Crippen LogP contribution in [0.25, 0.3) is 6.08 Å². The van der Waals surface area contributed by atoms with Crippen molar-refractivity contribution in [1.82, 2.24) is 15.1 Å². The SMILES string of the molecule is CN1C[C@H]2C[C@@H](C1)[C@H](CNC(=O)C=Cc1ccccc1)N1C(=O)CCC[C@@H]21. The minimum Gasteiger partial charge on any atom is -0.350 e. The summed E-state index contributed by atoms with van der Waals surface area (Å²) in [5, 5.41) is 3.06. The summed E-state index contributed by atoms with van der Waals surface area (Å²) < 4.78 is 0. The van der Waals surface area contributed by atoms with Gasteiger partial charge in [0.15, 0.2) is 0 Å². The summed E-state index contributed by atoms with van der Waals surface area (Å²) in [6.45, 7) is 2.64. The number of benzene rings is 1. The lowest BCUT2D eigenvalue weighted by Gasteiger charge is -2.56. The fraction of sp³-hybridized carbons (Fsp3) is 0.545. The van der Waals surface area contributed by atoms with Gasteiger partial charge in [0.1, 0.15) is 0 Å². The summed E-state index contributed by atoms with van der Waals surface area (Å²) in [6, 6.07) is 10.3. The highest BCUT2D eigenvalue weighted by Gasteiger charge is 2.48. The van der Waals surface area contributed by atoms with Crippen molar-refractivity contribution in [3.63, 3.8) is 0 Å². The minimum atomic E-state index is -0.0915. The summed E-state index contributed by atoms with van der Waals surface area (Å²) >= 11 is 0. The molecule has 1 aromatic rings. The maximum Gasteiger partial charge on any atom is 0.244 e. The van der Waals surface area contributed by atoms with Crippen molar-refractivity contribution in [2.45, 2.75) is 37.8 Å². The largest absolute Gasteiger partial charge is 0.350 e. The maximum absolute atomic E-state index is 12.7. The molecule has 0 saturated carbocycles. The molecule has 0 aromatic heterocycles. The Balaban J connectivity index is 1.43. The summed E-state index contributed by atoms with van der Waals surface area (Å²) in [7, 11) is 2.18. The summed E-state index contributed by atoms with van der Waals surface area (Å²) in [4.78, 5) is 29.6. The number of rotatable bonds is 4. The molecule has 3 heterocycles. The van der Waals surface area contributed by atoms with Crippen LogP contribution in [-0.2, 0) is 9.59 Å². The molecule has 0 aliphatic carbocycles. The first kappa shape index (κ1) is 18.2. The molecule has 27 heavy (non-hydrogen) atoms. The van der Waals surface area contributed by atoms with Crippen molar-refractivity contribution in [2.75, 3.05) is 26.7 Å². The zero-order valence-corrected chi connectivity index (χ0v) is 16.0. The fourth-order valence-electron chi connectivity index (χ4n) is 5.27. The molecule has 3 saturated heterocycles. The second kappa shape index (κ2) is 7.85. The van der Waals surface area contributed by atoms with Crippen LogP contribution in [0.2, 0.25) is 0 Å². The average molecular weight is 367 g/mol. The van der Waals surface area contributed by atoms with Gasteiger partial charge >= 0.3 is 0 Å². The summed E-state index contributed by atoms with van der Waals surface area (Å²) in [5.41, 5.74) is 1.01. The highest BCUT2D eigenvalue weighted by molar-refractivity contribution is 5.91. The maximum atomic E-state index is 12.7. The van der Waals surface area contributed by atoms with Crippen LogP contribution < -0.4 is 5.32 Å². The van der Waals surface area contributed by atoms with Crippen LogP contribution in [-0.4, -0.2) is 60.4 Å². The first-order valence-corrected chi connectivity index (χ1v) is 10.1. The number of amides is 2. The third-order valence-electron chi connectivity index (χ3n) is 6.39. The predicted octanol–water partition coefficient (Wildman–Crippen LogP) is 2.15. The molecule has 4 rings (SSSR count). The Kier molecular flexibility index (Phi) is 5.30. The molecular weight excluding hydrogens is 338 g/mol. The molecule has 2 bridgehead atoms. The van der Waals surface area contributed by atoms with E-state index in [9.17, 15) is 9.59 Å². The lowest BCUT2D eigenvalue weighted by Crippen LogP contribution is -2.66. The minimum absolute atomic E-state index is 0.0915. The summed E-state index contributed by atoms with van der Waals surface area (Å²) in [5.74, 6) is 1.23. The zero-order chi connectivity index (χ0) is 18.8. The highest BCUT2D eigenvalue weighted by atomic mass is 16.2. The Morgan fingerprint density at radius 1 is 1.22 bits per heavy atom. The Morgan fingerprint density at radius 3 is 2.81 bits per heavy atom. The lowest BCUT2D eigenvalue weighted by molar-refractivity contribution is -0.152. The molecule has 4 atom stereocenters. The first-order valence-electron chi connectivity index (χ1n) is 10.1. The monoisotopic (exact) mass is 367 g/mol. The van der Waals surface area contributed by atoms with Crippen LogP contribution in [0.1, 0.15) is 31.2 Å². The molecule has 0 unspecified atom stereocenters. The zero-order valence-electron chi connectivity index (χ0n) is 16.0. The van der Waals surface area contributed by atoms with Crippen LogP contribution in [0, 0.1) is 11.8 Å². The number of hydrogen-bond donors (Lipinski definition) is 1. The normalized spacial score (nSPS) is 31.0. The molecule has 5 heteroatoms. The molecule has 3 aliphatic rings. The number of hydrogen-bond acceptors (Lipinski definition) is 3. The highest BCUT2D eigenvalue weighted by Crippen LogP contribution is 2.41. The number of nitrogens with zero attached hydrogens (tertiary/aromatic N) is 2. The van der Waals surface area contributed by atoms with Crippen molar-refractivity contribution in [2.24, 2.45) is 11.8 Å². The van der Waals surface area contributed by atoms with Gasteiger partial charge in [-0.25, -0.2) is 0 Å². The second-order valence-electron chi connectivity index (χ2n) is 8.29. The van der Waals surface area contributed by atoms with Gasteiger partial charge in [-0.2, -0.15) is 0 Å². The van der Waals surface area contributed by atoms with E-state index in [2.05, 4.69) is 22.2 Å². The molecule has 144 valence electrons. The summed E-state index contributed by atoms with van der Waals surface area (Å²) in [6.07, 6.45) is 7.36. The van der Waals surface area contributed by atoms with E-state index in [1.165, 1.54) is 6.42 Å². The fourth-order valence-corrected chi connectivity index (χ4v) is 5.27. The van der Waals surface area contributed by atoms with Crippen LogP contribution >= 0.6 is 0 Å². The predicted molar refractivity (Wildman–Crippen MR) is 106 cm³/mol. The van der Waals surface area contributed by atoms with Gasteiger partial charge in [-0.15, -0.1) is 0 Å². The van der Waals surface area contributed by atoms with E-state index in [1.807, 2.05) is 36.4 Å². The molecule has 2 amide bonds. The van der Waals surface area contributed by atoms with Crippen LogP contribution in [0.3, 0.4) is 0 Å². The van der Waals surface area contributed by atoms with Gasteiger partial charge in [-0.3, -0.25) is 9.59 Å². The van der Waals surface area contributed by atoms with Crippen molar-refractivity contribution in [3.8, 4) is 0 Å². The molecular formula is C22H29N3O2. The van der Waals surface area contributed by atoms with Crippen molar-refractivity contribution >= 4 is 17.9 Å². The topological polar surface area (TPSA) is 52.7 Å². The molecule has 3 aliphatic heterocycles.